The summed E-state index contributed by atoms with van der Waals surface area (Å²) < 4.78 is 0. The van der Waals surface area contributed by atoms with Crippen LogP contribution in [0.5, 0.6) is 11.5 Å². The molecule has 0 unspecified atom stereocenters. The topological polar surface area (TPSA) is 89.9 Å². The van der Waals surface area contributed by atoms with Gasteiger partial charge in [0.15, 0.2) is 0 Å². The van der Waals surface area contributed by atoms with Crippen LogP contribution < -0.4 is 0 Å². The third-order valence-corrected chi connectivity index (χ3v) is 5.85. The quantitative estimate of drug-likeness (QED) is 0.178. The van der Waals surface area contributed by atoms with E-state index in [2.05, 4.69) is 56.9 Å². The SMILES string of the molecule is Oc1ccc(/N=N/c2ccc(C(c3ccccc3)c3ccc(/N=N/c4ccc(O)cc4)cc3)cc2)cc1. The van der Waals surface area contributed by atoms with Crippen molar-refractivity contribution in [1.29, 1.82) is 0 Å². The van der Waals surface area contributed by atoms with Crippen LogP contribution in [0, 0.1) is 0 Å². The van der Waals surface area contributed by atoms with Gasteiger partial charge in [0, 0.05) is 5.92 Å². The summed E-state index contributed by atoms with van der Waals surface area (Å²) in [5.74, 6) is 0.430. The molecule has 6 nitrogen and oxygen atoms in total. The number of hydrogen-bond acceptors (Lipinski definition) is 6. The molecule has 5 aromatic rings. The lowest BCUT2D eigenvalue weighted by Gasteiger charge is -2.19. The molecule has 5 aromatic carbocycles. The number of azo groups is 2. The third-order valence-electron chi connectivity index (χ3n) is 5.85. The Hall–Kier alpha value is -5.10. The Balaban J connectivity index is 1.38. The molecule has 0 aromatic heterocycles. The Morgan fingerprint density at radius 3 is 1.00 bits per heavy atom. The van der Waals surface area contributed by atoms with Crippen LogP contribution in [0.25, 0.3) is 0 Å². The van der Waals surface area contributed by atoms with Crippen LogP contribution in [-0.2, 0) is 0 Å². The summed E-state index contributed by atoms with van der Waals surface area (Å²) in [4.78, 5) is 0. The molecular weight excluding hydrogens is 460 g/mol. The van der Waals surface area contributed by atoms with Gasteiger partial charge in [-0.15, -0.1) is 0 Å². The predicted octanol–water partition coefficient (Wildman–Crippen LogP) is 9.11. The van der Waals surface area contributed by atoms with Crippen LogP contribution in [-0.4, -0.2) is 10.2 Å². The van der Waals surface area contributed by atoms with Gasteiger partial charge in [-0.05, 0) is 89.5 Å². The van der Waals surface area contributed by atoms with Crippen LogP contribution in [0.2, 0.25) is 0 Å². The number of benzene rings is 5. The molecule has 0 fully saturated rings. The maximum atomic E-state index is 9.42. The maximum absolute atomic E-state index is 9.42. The second-order valence-corrected chi connectivity index (χ2v) is 8.46. The summed E-state index contributed by atoms with van der Waals surface area (Å²) in [5, 5.41) is 36.0. The average Bonchev–Trinajstić information content (AvgIpc) is 2.95. The molecule has 0 aliphatic heterocycles. The number of phenols is 2. The molecule has 0 radical (unpaired) electrons. The van der Waals surface area contributed by atoms with Crippen molar-refractivity contribution >= 4 is 22.7 Å². The van der Waals surface area contributed by atoms with Crippen molar-refractivity contribution in [2.75, 3.05) is 0 Å². The van der Waals surface area contributed by atoms with Crippen molar-refractivity contribution in [3.05, 3.63) is 144 Å². The molecule has 0 saturated heterocycles. The zero-order chi connectivity index (χ0) is 25.5. The second-order valence-electron chi connectivity index (χ2n) is 8.46. The first-order chi connectivity index (χ1) is 18.1. The lowest BCUT2D eigenvalue weighted by atomic mass is 9.85. The van der Waals surface area contributed by atoms with Gasteiger partial charge in [-0.25, -0.2) is 0 Å². The molecule has 0 atom stereocenters. The van der Waals surface area contributed by atoms with E-state index in [1.807, 2.05) is 42.5 Å². The molecule has 0 heterocycles. The fourth-order valence-corrected chi connectivity index (χ4v) is 3.96. The molecule has 180 valence electrons. The molecule has 0 spiro atoms. The molecular formula is C31H24N4O2. The van der Waals surface area contributed by atoms with Gasteiger partial charge in [-0.1, -0.05) is 54.6 Å². The monoisotopic (exact) mass is 484 g/mol. The molecule has 37 heavy (non-hydrogen) atoms. The molecule has 0 aliphatic carbocycles. The standard InChI is InChI=1S/C31H24N4O2/c36-29-18-14-27(15-19-29)34-32-25-10-6-23(7-11-25)31(22-4-2-1-3-5-22)24-8-12-26(13-9-24)33-35-28-16-20-30(37)21-17-28/h1-21,31,36-37H/b34-32+,35-33+. The Kier molecular flexibility index (Phi) is 7.09. The lowest BCUT2D eigenvalue weighted by Crippen LogP contribution is -2.02. The highest BCUT2D eigenvalue weighted by Gasteiger charge is 2.16. The van der Waals surface area contributed by atoms with Crippen LogP contribution in [0.1, 0.15) is 22.6 Å². The van der Waals surface area contributed by atoms with E-state index in [0.29, 0.717) is 11.4 Å². The van der Waals surface area contributed by atoms with Gasteiger partial charge >= 0.3 is 0 Å². The zero-order valence-corrected chi connectivity index (χ0v) is 19.9. The van der Waals surface area contributed by atoms with Gasteiger partial charge in [0.25, 0.3) is 0 Å². The first-order valence-corrected chi connectivity index (χ1v) is 11.8. The maximum Gasteiger partial charge on any atom is 0.115 e. The summed E-state index contributed by atoms with van der Waals surface area (Å²) in [7, 11) is 0. The van der Waals surface area contributed by atoms with E-state index in [9.17, 15) is 10.2 Å². The Morgan fingerprint density at radius 2 is 0.649 bits per heavy atom. The van der Waals surface area contributed by atoms with Crippen molar-refractivity contribution in [3.8, 4) is 11.5 Å². The van der Waals surface area contributed by atoms with E-state index < -0.39 is 0 Å². The highest BCUT2D eigenvalue weighted by atomic mass is 16.3. The minimum atomic E-state index is 0.0346. The Labute approximate surface area is 215 Å². The van der Waals surface area contributed by atoms with E-state index in [1.54, 1.807) is 48.5 Å². The van der Waals surface area contributed by atoms with Gasteiger partial charge in [0.2, 0.25) is 0 Å². The number of rotatable bonds is 7. The minimum absolute atomic E-state index is 0.0346. The molecule has 6 heteroatoms. The van der Waals surface area contributed by atoms with E-state index in [4.69, 9.17) is 0 Å². The van der Waals surface area contributed by atoms with Gasteiger partial charge in [0.1, 0.15) is 11.5 Å². The summed E-state index contributed by atoms with van der Waals surface area (Å²) >= 11 is 0. The van der Waals surface area contributed by atoms with Gasteiger partial charge < -0.3 is 10.2 Å². The molecule has 5 rings (SSSR count). The van der Waals surface area contributed by atoms with Crippen LogP contribution in [0.3, 0.4) is 0 Å². The number of nitrogens with zero attached hydrogens (tertiary/aromatic N) is 4. The van der Waals surface area contributed by atoms with Gasteiger partial charge in [0.05, 0.1) is 22.7 Å². The van der Waals surface area contributed by atoms with Crippen molar-refractivity contribution in [2.24, 2.45) is 20.5 Å². The number of phenolic OH excluding ortho intramolecular Hbond substituents is 2. The van der Waals surface area contributed by atoms with Crippen molar-refractivity contribution < 1.29 is 10.2 Å². The minimum Gasteiger partial charge on any atom is -0.508 e. The van der Waals surface area contributed by atoms with E-state index in [-0.39, 0.29) is 17.4 Å². The van der Waals surface area contributed by atoms with Crippen molar-refractivity contribution in [1.82, 2.24) is 0 Å². The largest absolute Gasteiger partial charge is 0.508 e. The summed E-state index contributed by atoms with van der Waals surface area (Å²) in [6.45, 7) is 0. The smallest absolute Gasteiger partial charge is 0.115 e. The zero-order valence-electron chi connectivity index (χ0n) is 19.9. The molecule has 0 bridgehead atoms. The summed E-state index contributed by atoms with van der Waals surface area (Å²) in [5.41, 5.74) is 6.28. The first-order valence-electron chi connectivity index (χ1n) is 11.8. The fraction of sp³-hybridized carbons (Fsp3) is 0.0323. The highest BCUT2D eigenvalue weighted by molar-refractivity contribution is 5.50. The summed E-state index contributed by atoms with van der Waals surface area (Å²) in [6, 6.07) is 39.7. The Bertz CT molecular complexity index is 1400. The number of hydrogen-bond donors (Lipinski definition) is 2. The molecule has 0 saturated carbocycles. The van der Waals surface area contributed by atoms with E-state index in [0.717, 1.165) is 22.5 Å². The third kappa shape index (κ3) is 6.13. The van der Waals surface area contributed by atoms with Crippen molar-refractivity contribution in [3.63, 3.8) is 0 Å². The second kappa shape index (κ2) is 11.1. The summed E-state index contributed by atoms with van der Waals surface area (Å²) in [6.07, 6.45) is 0. The molecule has 0 aliphatic rings. The van der Waals surface area contributed by atoms with Gasteiger partial charge in [-0.2, -0.15) is 20.5 Å². The van der Waals surface area contributed by atoms with Crippen molar-refractivity contribution in [2.45, 2.75) is 5.92 Å². The number of aromatic hydroxyl groups is 2. The van der Waals surface area contributed by atoms with Crippen LogP contribution in [0.15, 0.2) is 148 Å². The van der Waals surface area contributed by atoms with E-state index >= 15 is 0 Å². The first kappa shape index (κ1) is 23.6. The fourth-order valence-electron chi connectivity index (χ4n) is 3.96. The molecule has 2 N–H and O–H groups in total. The highest BCUT2D eigenvalue weighted by Crippen LogP contribution is 2.34. The predicted molar refractivity (Wildman–Crippen MR) is 145 cm³/mol. The Morgan fingerprint density at radius 1 is 0.351 bits per heavy atom. The van der Waals surface area contributed by atoms with Gasteiger partial charge in [-0.3, -0.25) is 0 Å². The average molecular weight is 485 g/mol. The van der Waals surface area contributed by atoms with E-state index in [1.165, 1.54) is 5.56 Å². The van der Waals surface area contributed by atoms with Crippen LogP contribution >= 0.6 is 0 Å². The van der Waals surface area contributed by atoms with Crippen LogP contribution in [0.4, 0.5) is 22.7 Å². The lowest BCUT2D eigenvalue weighted by molar-refractivity contribution is 0.475. The molecule has 0 amide bonds. The normalized spacial score (nSPS) is 11.5.